The van der Waals surface area contributed by atoms with Crippen molar-refractivity contribution in [2.75, 3.05) is 12.1 Å². The molecule has 4 rings (SSSR count). The van der Waals surface area contributed by atoms with Crippen molar-refractivity contribution in [3.63, 3.8) is 0 Å². The molecule has 0 unspecified atom stereocenters. The third-order valence-electron chi connectivity index (χ3n) is 4.28. The predicted molar refractivity (Wildman–Crippen MR) is 112 cm³/mol. The third-order valence-corrected chi connectivity index (χ3v) is 5.10. The summed E-state index contributed by atoms with van der Waals surface area (Å²) in [6.07, 6.45) is 0. The molecule has 0 amide bonds. The molecule has 0 aromatic heterocycles. The molecule has 0 atom stereocenters. The summed E-state index contributed by atoms with van der Waals surface area (Å²) in [6, 6.07) is 16.6. The number of hydrogen-bond acceptors (Lipinski definition) is 4. The Hall–Kier alpha value is -2.27. The first-order valence-corrected chi connectivity index (χ1v) is 9.70. The number of nitrogens with one attached hydrogen (secondary N) is 1. The molecule has 1 aliphatic heterocycles. The van der Waals surface area contributed by atoms with Crippen molar-refractivity contribution in [1.82, 2.24) is 0 Å². The largest absolute Gasteiger partial charge is 0.488 e. The lowest BCUT2D eigenvalue weighted by atomic mass is 10.2. The van der Waals surface area contributed by atoms with Crippen LogP contribution in [-0.4, -0.2) is 6.79 Å². The van der Waals surface area contributed by atoms with Crippen molar-refractivity contribution in [2.24, 2.45) is 0 Å². The van der Waals surface area contributed by atoms with Gasteiger partial charge in [0.1, 0.15) is 12.4 Å². The second-order valence-corrected chi connectivity index (χ2v) is 7.48. The van der Waals surface area contributed by atoms with Crippen molar-refractivity contribution in [1.29, 1.82) is 0 Å². The van der Waals surface area contributed by atoms with Gasteiger partial charge in [0.15, 0.2) is 11.5 Å². The monoisotopic (exact) mass is 435 g/mol. The van der Waals surface area contributed by atoms with Crippen LogP contribution in [0.15, 0.2) is 54.6 Å². The van der Waals surface area contributed by atoms with Gasteiger partial charge >= 0.3 is 0 Å². The van der Waals surface area contributed by atoms with Crippen LogP contribution in [0, 0.1) is 0 Å². The highest BCUT2D eigenvalue weighted by Crippen LogP contribution is 2.34. The van der Waals surface area contributed by atoms with Crippen molar-refractivity contribution in [2.45, 2.75) is 13.2 Å². The van der Waals surface area contributed by atoms with Crippen LogP contribution < -0.4 is 19.5 Å². The fourth-order valence-electron chi connectivity index (χ4n) is 2.83. The van der Waals surface area contributed by atoms with E-state index in [0.29, 0.717) is 28.2 Å². The number of rotatable bonds is 6. The van der Waals surface area contributed by atoms with Crippen molar-refractivity contribution in [3.8, 4) is 17.2 Å². The van der Waals surface area contributed by atoms with Gasteiger partial charge in [-0.15, -0.1) is 0 Å². The Labute approximate surface area is 177 Å². The van der Waals surface area contributed by atoms with E-state index in [4.69, 9.17) is 49.0 Å². The molecular weight excluding hydrogens is 421 g/mol. The van der Waals surface area contributed by atoms with Gasteiger partial charge in [-0.1, -0.05) is 40.9 Å². The zero-order valence-electron chi connectivity index (χ0n) is 14.7. The number of hydrogen-bond donors (Lipinski definition) is 1. The highest BCUT2D eigenvalue weighted by Gasteiger charge is 2.13. The van der Waals surface area contributed by atoms with Crippen LogP contribution in [-0.2, 0) is 13.2 Å². The van der Waals surface area contributed by atoms with Gasteiger partial charge in [-0.2, -0.15) is 0 Å². The predicted octanol–water partition coefficient (Wildman–Crippen LogP) is 6.57. The molecular formula is C21H16Cl3NO3. The van der Waals surface area contributed by atoms with Gasteiger partial charge in [0.05, 0.1) is 0 Å². The molecule has 0 bridgehead atoms. The topological polar surface area (TPSA) is 39.7 Å². The maximum absolute atomic E-state index is 6.23. The van der Waals surface area contributed by atoms with Crippen LogP contribution in [0.5, 0.6) is 17.2 Å². The summed E-state index contributed by atoms with van der Waals surface area (Å²) in [5, 5.41) is 5.16. The SMILES string of the molecule is Clc1ccc(COc2ccc(Cl)cc2CNc2ccc3c(c2)OCO3)c(Cl)c1. The van der Waals surface area contributed by atoms with E-state index in [9.17, 15) is 0 Å². The second kappa shape index (κ2) is 8.39. The number of fused-ring (bicyclic) bond motifs is 1. The first-order chi connectivity index (χ1) is 13.6. The minimum Gasteiger partial charge on any atom is -0.488 e. The number of anilines is 1. The Morgan fingerprint density at radius 1 is 0.821 bits per heavy atom. The van der Waals surface area contributed by atoms with Gasteiger partial charge in [-0.05, 0) is 42.5 Å². The summed E-state index contributed by atoms with van der Waals surface area (Å²) in [5.74, 6) is 2.20. The molecule has 3 aromatic carbocycles. The molecule has 4 nitrogen and oxygen atoms in total. The molecule has 0 fully saturated rings. The van der Waals surface area contributed by atoms with E-state index in [1.807, 2.05) is 36.4 Å². The van der Waals surface area contributed by atoms with Crippen molar-refractivity contribution in [3.05, 3.63) is 80.8 Å². The van der Waals surface area contributed by atoms with Crippen LogP contribution >= 0.6 is 34.8 Å². The summed E-state index contributed by atoms with van der Waals surface area (Å²) in [5.41, 5.74) is 2.70. The summed E-state index contributed by atoms with van der Waals surface area (Å²) in [7, 11) is 0. The Morgan fingerprint density at radius 3 is 2.46 bits per heavy atom. The van der Waals surface area contributed by atoms with Gasteiger partial charge in [0, 0.05) is 44.5 Å². The summed E-state index contributed by atoms with van der Waals surface area (Å²) in [6.45, 7) is 1.11. The lowest BCUT2D eigenvalue weighted by Crippen LogP contribution is -2.04. The van der Waals surface area contributed by atoms with E-state index < -0.39 is 0 Å². The number of ether oxygens (including phenoxy) is 3. The molecule has 144 valence electrons. The molecule has 1 aliphatic rings. The van der Waals surface area contributed by atoms with Crippen LogP contribution in [0.25, 0.3) is 0 Å². The highest BCUT2D eigenvalue weighted by atomic mass is 35.5. The zero-order chi connectivity index (χ0) is 19.5. The third kappa shape index (κ3) is 4.41. The molecule has 3 aromatic rings. The maximum atomic E-state index is 6.23. The van der Waals surface area contributed by atoms with E-state index in [1.54, 1.807) is 18.2 Å². The average Bonchev–Trinajstić information content (AvgIpc) is 3.14. The molecule has 7 heteroatoms. The van der Waals surface area contributed by atoms with E-state index >= 15 is 0 Å². The Kier molecular flexibility index (Phi) is 5.72. The summed E-state index contributed by atoms with van der Waals surface area (Å²) >= 11 is 18.4. The lowest BCUT2D eigenvalue weighted by molar-refractivity contribution is 0.174. The standard InChI is InChI=1S/C21H16Cl3NO3/c22-15-3-5-19(26-11-13-1-2-16(23)8-18(13)24)14(7-15)10-25-17-4-6-20-21(9-17)28-12-27-20/h1-9,25H,10-12H2. The van der Waals surface area contributed by atoms with E-state index in [-0.39, 0.29) is 6.79 Å². The first kappa shape index (κ1) is 19.1. The Morgan fingerprint density at radius 2 is 1.61 bits per heavy atom. The Balaban J connectivity index is 1.47. The highest BCUT2D eigenvalue weighted by molar-refractivity contribution is 6.35. The molecule has 1 heterocycles. The smallest absolute Gasteiger partial charge is 0.231 e. The molecule has 0 aliphatic carbocycles. The van der Waals surface area contributed by atoms with Crippen molar-refractivity contribution >= 4 is 40.5 Å². The fourth-order valence-corrected chi connectivity index (χ4v) is 3.48. The lowest BCUT2D eigenvalue weighted by Gasteiger charge is -2.14. The van der Waals surface area contributed by atoms with Gasteiger partial charge in [0.2, 0.25) is 6.79 Å². The average molecular weight is 437 g/mol. The first-order valence-electron chi connectivity index (χ1n) is 8.57. The minimum absolute atomic E-state index is 0.248. The quantitative estimate of drug-likeness (QED) is 0.474. The van der Waals surface area contributed by atoms with Gasteiger partial charge in [0.25, 0.3) is 0 Å². The molecule has 28 heavy (non-hydrogen) atoms. The maximum Gasteiger partial charge on any atom is 0.231 e. The summed E-state index contributed by atoms with van der Waals surface area (Å²) < 4.78 is 16.7. The van der Waals surface area contributed by atoms with Crippen molar-refractivity contribution < 1.29 is 14.2 Å². The van der Waals surface area contributed by atoms with Crippen LogP contribution in [0.3, 0.4) is 0 Å². The zero-order valence-corrected chi connectivity index (χ0v) is 16.9. The molecule has 0 saturated heterocycles. The molecule has 0 radical (unpaired) electrons. The fraction of sp³-hybridized carbons (Fsp3) is 0.143. The Bertz CT molecular complexity index is 1010. The molecule has 0 saturated carbocycles. The second-order valence-electron chi connectivity index (χ2n) is 6.20. The van der Waals surface area contributed by atoms with E-state index in [1.165, 1.54) is 0 Å². The normalized spacial score (nSPS) is 12.1. The number of benzene rings is 3. The van der Waals surface area contributed by atoms with Gasteiger partial charge in [-0.3, -0.25) is 0 Å². The van der Waals surface area contributed by atoms with Crippen LogP contribution in [0.1, 0.15) is 11.1 Å². The van der Waals surface area contributed by atoms with Gasteiger partial charge in [-0.25, -0.2) is 0 Å². The molecule has 0 spiro atoms. The summed E-state index contributed by atoms with van der Waals surface area (Å²) in [4.78, 5) is 0. The molecule has 1 N–H and O–H groups in total. The van der Waals surface area contributed by atoms with E-state index in [0.717, 1.165) is 34.1 Å². The van der Waals surface area contributed by atoms with E-state index in [2.05, 4.69) is 5.32 Å². The van der Waals surface area contributed by atoms with Gasteiger partial charge < -0.3 is 19.5 Å². The van der Waals surface area contributed by atoms with Crippen LogP contribution in [0.2, 0.25) is 15.1 Å². The van der Waals surface area contributed by atoms with Crippen LogP contribution in [0.4, 0.5) is 5.69 Å². The number of halogens is 3. The minimum atomic E-state index is 0.248.